The Kier molecular flexibility index (Phi) is 4.72. The fourth-order valence-corrected chi connectivity index (χ4v) is 5.76. The van der Waals surface area contributed by atoms with Gasteiger partial charge in [0.25, 0.3) is 0 Å². The molecule has 0 atom stereocenters. The minimum atomic E-state index is -1.17. The lowest BCUT2D eigenvalue weighted by Crippen LogP contribution is -2.53. The van der Waals surface area contributed by atoms with Gasteiger partial charge >= 0.3 is 7.12 Å². The second kappa shape index (κ2) is 7.41. The summed E-state index contributed by atoms with van der Waals surface area (Å²) in [5, 5.41) is 21.7. The fourth-order valence-electron chi connectivity index (χ4n) is 5.76. The van der Waals surface area contributed by atoms with Crippen LogP contribution in [0.3, 0.4) is 0 Å². The van der Waals surface area contributed by atoms with Crippen LogP contribution in [0.1, 0.15) is 49.9 Å². The van der Waals surface area contributed by atoms with Gasteiger partial charge in [-0.05, 0) is 77.7 Å². The van der Waals surface area contributed by atoms with Crippen LogP contribution in [0, 0.1) is 0 Å². The Hall–Kier alpha value is -3.18. The van der Waals surface area contributed by atoms with Crippen LogP contribution < -0.4 is 5.46 Å². The monoisotopic (exact) mass is 460 g/mol. The highest BCUT2D eigenvalue weighted by Gasteiger charge is 2.51. The molecule has 2 N–H and O–H groups in total. The molecule has 1 spiro atoms. The smallest absolute Gasteiger partial charge is 0.423 e. The summed E-state index contributed by atoms with van der Waals surface area (Å²) in [7, 11) is -1.17. The van der Waals surface area contributed by atoms with Crippen LogP contribution in [0.4, 0.5) is 0 Å². The van der Waals surface area contributed by atoms with Crippen LogP contribution in [0.25, 0.3) is 22.3 Å². The Bertz CT molecular complexity index is 1400. The van der Waals surface area contributed by atoms with Crippen LogP contribution in [-0.2, 0) is 10.1 Å². The van der Waals surface area contributed by atoms with Crippen molar-refractivity contribution in [2.45, 2.75) is 44.3 Å². The molecule has 0 aromatic heterocycles. The Labute approximate surface area is 207 Å². The first-order valence-electron chi connectivity index (χ1n) is 12.2. The number of hydrogen-bond acceptors (Lipinski definition) is 3. The molecule has 0 radical (unpaired) electrons. The first-order chi connectivity index (χ1) is 16.7. The van der Waals surface area contributed by atoms with Crippen molar-refractivity contribution in [3.8, 4) is 22.3 Å². The molecule has 0 heterocycles. The third-order valence-electron chi connectivity index (χ3n) is 8.19. The Balaban J connectivity index is 1.60. The van der Waals surface area contributed by atoms with E-state index in [0.717, 1.165) is 5.56 Å². The van der Waals surface area contributed by atoms with Crippen molar-refractivity contribution < 1.29 is 14.8 Å². The van der Waals surface area contributed by atoms with E-state index in [0.29, 0.717) is 5.46 Å². The molecule has 0 saturated heterocycles. The fraction of sp³-hybridized carbons (Fsp3) is 0.226. The molecule has 174 valence electrons. The van der Waals surface area contributed by atoms with E-state index in [1.807, 2.05) is 6.07 Å². The maximum absolute atomic E-state index is 11.2. The third-order valence-corrected chi connectivity index (χ3v) is 8.19. The molecule has 0 saturated carbocycles. The maximum Gasteiger partial charge on any atom is 0.491 e. The van der Waals surface area contributed by atoms with Gasteiger partial charge in [0.2, 0.25) is 0 Å². The molecule has 3 nitrogen and oxygen atoms in total. The highest BCUT2D eigenvalue weighted by molar-refractivity contribution is 6.60. The quantitative estimate of drug-likeness (QED) is 0.352. The molecule has 4 aromatic rings. The summed E-state index contributed by atoms with van der Waals surface area (Å²) in [5.74, 6) is 0. The lowest BCUT2D eigenvalue weighted by atomic mass is 9.68. The van der Waals surface area contributed by atoms with Gasteiger partial charge in [0.1, 0.15) is 0 Å². The van der Waals surface area contributed by atoms with E-state index >= 15 is 0 Å². The van der Waals surface area contributed by atoms with E-state index in [1.165, 1.54) is 38.9 Å². The Morgan fingerprint density at radius 1 is 0.629 bits per heavy atom. The van der Waals surface area contributed by atoms with E-state index in [1.54, 1.807) is 27.7 Å². The van der Waals surface area contributed by atoms with Crippen LogP contribution >= 0.6 is 0 Å². The Morgan fingerprint density at radius 3 is 1.51 bits per heavy atom. The van der Waals surface area contributed by atoms with Crippen molar-refractivity contribution in [3.63, 3.8) is 0 Å². The number of rotatable bonds is 4. The SMILES string of the molecule is CC(C)(O)C(C)(C)OB(O)c1ccc2c(c1)C1(c3ccccc3-c3ccccc31)c1ccccc1-2. The summed E-state index contributed by atoms with van der Waals surface area (Å²) < 4.78 is 6.02. The van der Waals surface area contributed by atoms with Gasteiger partial charge in [-0.15, -0.1) is 0 Å². The maximum atomic E-state index is 11.2. The predicted molar refractivity (Wildman–Crippen MR) is 142 cm³/mol. The second-order valence-electron chi connectivity index (χ2n) is 10.7. The van der Waals surface area contributed by atoms with E-state index in [4.69, 9.17) is 4.65 Å². The summed E-state index contributed by atoms with van der Waals surface area (Å²) in [5.41, 5.74) is 7.97. The summed E-state index contributed by atoms with van der Waals surface area (Å²) in [6.07, 6.45) is 0. The van der Waals surface area contributed by atoms with Crippen molar-refractivity contribution in [2.75, 3.05) is 0 Å². The van der Waals surface area contributed by atoms with Gasteiger partial charge < -0.3 is 14.8 Å². The van der Waals surface area contributed by atoms with Crippen molar-refractivity contribution in [2.24, 2.45) is 0 Å². The lowest BCUT2D eigenvalue weighted by molar-refractivity contribution is -0.0982. The number of hydrogen-bond donors (Lipinski definition) is 2. The Morgan fingerprint density at radius 2 is 1.06 bits per heavy atom. The summed E-state index contributed by atoms with van der Waals surface area (Å²) in [6, 6.07) is 32.1. The van der Waals surface area contributed by atoms with Gasteiger partial charge in [-0.3, -0.25) is 0 Å². The predicted octanol–water partition coefficient (Wildman–Crippen LogP) is 5.28. The van der Waals surface area contributed by atoms with E-state index in [9.17, 15) is 10.1 Å². The van der Waals surface area contributed by atoms with Crippen LogP contribution in [-0.4, -0.2) is 28.5 Å². The van der Waals surface area contributed by atoms with Crippen LogP contribution in [0.2, 0.25) is 0 Å². The molecule has 4 heteroatoms. The molecule has 0 amide bonds. The topological polar surface area (TPSA) is 49.7 Å². The van der Waals surface area contributed by atoms with E-state index in [2.05, 4.69) is 84.9 Å². The molecule has 2 aliphatic rings. The summed E-state index contributed by atoms with van der Waals surface area (Å²) >= 11 is 0. The molecule has 0 bridgehead atoms. The van der Waals surface area contributed by atoms with Gasteiger partial charge in [-0.25, -0.2) is 0 Å². The molecule has 0 unspecified atom stereocenters. The molecule has 4 aromatic carbocycles. The molecular weight excluding hydrogens is 431 g/mol. The minimum Gasteiger partial charge on any atom is -0.423 e. The largest absolute Gasteiger partial charge is 0.491 e. The summed E-state index contributed by atoms with van der Waals surface area (Å²) in [4.78, 5) is 0. The highest BCUT2D eigenvalue weighted by Crippen LogP contribution is 2.62. The lowest BCUT2D eigenvalue weighted by Gasteiger charge is -2.38. The zero-order valence-electron chi connectivity index (χ0n) is 20.5. The molecular formula is C31H29BO3. The average Bonchev–Trinajstić information content (AvgIpc) is 3.30. The van der Waals surface area contributed by atoms with Gasteiger partial charge in [-0.2, -0.15) is 0 Å². The third kappa shape index (κ3) is 2.97. The molecule has 0 fully saturated rings. The van der Waals surface area contributed by atoms with E-state index < -0.39 is 23.7 Å². The van der Waals surface area contributed by atoms with Crippen molar-refractivity contribution in [1.29, 1.82) is 0 Å². The zero-order chi connectivity index (χ0) is 24.6. The molecule has 6 rings (SSSR count). The standard InChI is InChI=1S/C31H29BO3/c1-29(2,33)30(3,4)35-32(34)20-17-18-24-23-13-7-10-16-27(23)31(28(24)19-20)25-14-8-5-11-21(25)22-12-6-9-15-26(22)31/h5-19,33-34H,1-4H3. The van der Waals surface area contributed by atoms with Gasteiger partial charge in [-0.1, -0.05) is 91.0 Å². The minimum absolute atomic E-state index is 0.458. The first-order valence-corrected chi connectivity index (χ1v) is 12.2. The normalized spacial score (nSPS) is 14.9. The average molecular weight is 460 g/mol. The zero-order valence-corrected chi connectivity index (χ0v) is 20.5. The number of aliphatic hydroxyl groups is 1. The van der Waals surface area contributed by atoms with Crippen molar-refractivity contribution in [1.82, 2.24) is 0 Å². The van der Waals surface area contributed by atoms with Gasteiger partial charge in [0.05, 0.1) is 16.6 Å². The van der Waals surface area contributed by atoms with E-state index in [-0.39, 0.29) is 0 Å². The molecule has 2 aliphatic carbocycles. The molecule has 35 heavy (non-hydrogen) atoms. The number of benzene rings is 4. The molecule has 0 aliphatic heterocycles. The van der Waals surface area contributed by atoms with Crippen molar-refractivity contribution >= 4 is 12.6 Å². The van der Waals surface area contributed by atoms with Crippen LogP contribution in [0.15, 0.2) is 91.0 Å². The van der Waals surface area contributed by atoms with Crippen molar-refractivity contribution in [3.05, 3.63) is 113 Å². The first kappa shape index (κ1) is 22.3. The highest BCUT2D eigenvalue weighted by atomic mass is 16.5. The number of fused-ring (bicyclic) bond motifs is 10. The summed E-state index contributed by atoms with van der Waals surface area (Å²) in [6.45, 7) is 6.98. The van der Waals surface area contributed by atoms with Gasteiger partial charge in [0.15, 0.2) is 0 Å². The second-order valence-corrected chi connectivity index (χ2v) is 10.7. The van der Waals surface area contributed by atoms with Gasteiger partial charge in [0, 0.05) is 0 Å². The van der Waals surface area contributed by atoms with Crippen LogP contribution in [0.5, 0.6) is 0 Å².